The lowest BCUT2D eigenvalue weighted by Crippen LogP contribution is -2.48. The van der Waals surface area contributed by atoms with E-state index in [1.807, 2.05) is 0 Å². The Bertz CT molecular complexity index is 377. The van der Waals surface area contributed by atoms with Crippen molar-refractivity contribution in [1.82, 2.24) is 0 Å². The van der Waals surface area contributed by atoms with Gasteiger partial charge in [0.1, 0.15) is 0 Å². The van der Waals surface area contributed by atoms with Gasteiger partial charge in [-0.25, -0.2) is 0 Å². The van der Waals surface area contributed by atoms with Crippen LogP contribution in [-0.4, -0.2) is 23.9 Å². The maximum absolute atomic E-state index is 11.1. The van der Waals surface area contributed by atoms with Crippen LogP contribution in [0.4, 0.5) is 0 Å². The van der Waals surface area contributed by atoms with Crippen LogP contribution < -0.4 is 0 Å². The van der Waals surface area contributed by atoms with E-state index in [-0.39, 0.29) is 23.0 Å². The first-order chi connectivity index (χ1) is 8.44. The molecule has 0 aromatic rings. The normalized spacial score (nSPS) is 56.1. The number of fused-ring (bicyclic) bond motifs is 1. The molecule has 2 nitrogen and oxygen atoms in total. The van der Waals surface area contributed by atoms with Gasteiger partial charge in [-0.05, 0) is 42.6 Å². The van der Waals surface area contributed by atoms with Crippen LogP contribution in [0.5, 0.6) is 0 Å². The lowest BCUT2D eigenvalue weighted by Gasteiger charge is -2.45. The quantitative estimate of drug-likeness (QED) is 0.669. The molecule has 1 spiro atoms. The Kier molecular flexibility index (Phi) is 2.70. The van der Waals surface area contributed by atoms with Gasteiger partial charge >= 0.3 is 0 Å². The van der Waals surface area contributed by atoms with Crippen LogP contribution in [0.2, 0.25) is 0 Å². The fourth-order valence-electron chi connectivity index (χ4n) is 5.11. The minimum absolute atomic E-state index is 0.0587. The molecule has 3 aliphatic rings. The van der Waals surface area contributed by atoms with Gasteiger partial charge in [0.05, 0.1) is 18.8 Å². The third-order valence-corrected chi connectivity index (χ3v) is 6.68. The molecule has 0 aromatic carbocycles. The van der Waals surface area contributed by atoms with E-state index in [1.165, 1.54) is 19.3 Å². The molecule has 18 heavy (non-hydrogen) atoms. The zero-order valence-electron chi connectivity index (χ0n) is 11.9. The summed E-state index contributed by atoms with van der Waals surface area (Å²) in [6.45, 7) is 11.6. The summed E-state index contributed by atoms with van der Waals surface area (Å²) in [6.07, 6.45) is 4.74. The molecule has 3 fully saturated rings. The lowest BCUT2D eigenvalue weighted by molar-refractivity contribution is -0.0756. The molecular formula is C16H26O2. The van der Waals surface area contributed by atoms with E-state index in [0.717, 1.165) is 12.0 Å². The number of rotatable bonds is 0. The highest BCUT2D eigenvalue weighted by molar-refractivity contribution is 5.28. The Labute approximate surface area is 110 Å². The topological polar surface area (TPSA) is 29.5 Å². The average molecular weight is 250 g/mol. The minimum Gasteiger partial charge on any atom is -0.392 e. The predicted octanol–water partition coefficient (Wildman–Crippen LogP) is 3.15. The van der Waals surface area contributed by atoms with Crippen LogP contribution in [-0.2, 0) is 4.74 Å². The maximum Gasteiger partial charge on any atom is 0.0717 e. The molecule has 6 atom stereocenters. The second kappa shape index (κ2) is 3.83. The number of aliphatic hydroxyl groups excluding tert-OH is 1. The van der Waals surface area contributed by atoms with E-state index < -0.39 is 0 Å². The van der Waals surface area contributed by atoms with Crippen molar-refractivity contribution < 1.29 is 9.84 Å². The van der Waals surface area contributed by atoms with Crippen LogP contribution in [0, 0.1) is 22.7 Å². The first-order valence-corrected chi connectivity index (χ1v) is 7.42. The third-order valence-electron chi connectivity index (χ3n) is 6.68. The van der Waals surface area contributed by atoms with E-state index >= 15 is 0 Å². The molecule has 2 saturated carbocycles. The number of ether oxygens (including phenoxy) is 1. The summed E-state index contributed by atoms with van der Waals surface area (Å²) in [5.41, 5.74) is 1.02. The number of aliphatic hydroxyl groups is 1. The highest BCUT2D eigenvalue weighted by atomic mass is 16.5. The van der Waals surface area contributed by atoms with E-state index in [4.69, 9.17) is 4.74 Å². The molecule has 102 valence electrons. The van der Waals surface area contributed by atoms with Crippen molar-refractivity contribution in [2.75, 3.05) is 6.61 Å². The van der Waals surface area contributed by atoms with Gasteiger partial charge in [-0.3, -0.25) is 0 Å². The van der Waals surface area contributed by atoms with Crippen LogP contribution in [0.1, 0.15) is 46.5 Å². The molecule has 2 aliphatic carbocycles. The van der Waals surface area contributed by atoms with Gasteiger partial charge in [0.2, 0.25) is 0 Å². The molecule has 0 bridgehead atoms. The Balaban J connectivity index is 2.04. The first kappa shape index (κ1) is 12.7. The zero-order chi connectivity index (χ0) is 13.1. The van der Waals surface area contributed by atoms with Crippen molar-refractivity contribution in [3.8, 4) is 0 Å². The maximum atomic E-state index is 11.1. The summed E-state index contributed by atoms with van der Waals surface area (Å²) >= 11 is 0. The second-order valence-corrected chi connectivity index (χ2v) is 7.10. The predicted molar refractivity (Wildman–Crippen MR) is 72.2 cm³/mol. The zero-order valence-corrected chi connectivity index (χ0v) is 11.9. The molecule has 1 N–H and O–H groups in total. The van der Waals surface area contributed by atoms with Gasteiger partial charge in [0.15, 0.2) is 0 Å². The Morgan fingerprint density at radius 1 is 1.33 bits per heavy atom. The smallest absolute Gasteiger partial charge is 0.0717 e. The molecule has 0 radical (unpaired) electrons. The van der Waals surface area contributed by atoms with Gasteiger partial charge in [0.25, 0.3) is 0 Å². The minimum atomic E-state index is -0.282. The fraction of sp³-hybridized carbons (Fsp3) is 0.875. The second-order valence-electron chi connectivity index (χ2n) is 7.10. The van der Waals surface area contributed by atoms with Crippen LogP contribution in [0.25, 0.3) is 0 Å². The number of hydrogen-bond donors (Lipinski definition) is 1. The molecule has 1 heterocycles. The summed E-state index contributed by atoms with van der Waals surface area (Å²) in [4.78, 5) is 0. The number of hydrogen-bond acceptors (Lipinski definition) is 2. The van der Waals surface area contributed by atoms with Crippen LogP contribution in [0.3, 0.4) is 0 Å². The summed E-state index contributed by atoms with van der Waals surface area (Å²) in [6, 6.07) is 0. The first-order valence-electron chi connectivity index (χ1n) is 7.42. The largest absolute Gasteiger partial charge is 0.392 e. The molecule has 0 unspecified atom stereocenters. The molecule has 3 rings (SSSR count). The summed E-state index contributed by atoms with van der Waals surface area (Å²) in [5.74, 6) is 1.24. The van der Waals surface area contributed by atoms with Crippen molar-refractivity contribution >= 4 is 0 Å². The molecule has 2 heteroatoms. The van der Waals surface area contributed by atoms with E-state index in [9.17, 15) is 5.11 Å². The Hall–Kier alpha value is -0.340. The summed E-state index contributed by atoms with van der Waals surface area (Å²) in [7, 11) is 0. The van der Waals surface area contributed by atoms with E-state index in [0.29, 0.717) is 18.4 Å². The van der Waals surface area contributed by atoms with Crippen LogP contribution in [0.15, 0.2) is 12.2 Å². The molecule has 1 saturated heterocycles. The van der Waals surface area contributed by atoms with Crippen molar-refractivity contribution in [3.63, 3.8) is 0 Å². The van der Waals surface area contributed by atoms with Gasteiger partial charge in [-0.1, -0.05) is 33.3 Å². The summed E-state index contributed by atoms with van der Waals surface area (Å²) in [5, 5.41) is 11.1. The molecule has 0 amide bonds. The average Bonchev–Trinajstić information content (AvgIpc) is 2.75. The van der Waals surface area contributed by atoms with Crippen molar-refractivity contribution in [2.24, 2.45) is 22.7 Å². The van der Waals surface area contributed by atoms with Crippen molar-refractivity contribution in [2.45, 2.75) is 58.7 Å². The SMILES string of the molecule is C=C1CO[C@@H](C)[C@]12C[C@@H]1CCC[C@@H](C)[C@]1(C)[C@H]2O. The molecular weight excluding hydrogens is 224 g/mol. The standard InChI is InChI=1S/C16H26O2/c1-10-6-5-7-13-8-16(14(17)15(10,13)4)11(2)9-18-12(16)3/h10,12-14,17H,2,5-9H2,1,3-4H3/t10-,12+,13+,14-,15+,16+/m1/s1. The van der Waals surface area contributed by atoms with E-state index in [1.54, 1.807) is 0 Å². The molecule has 0 aromatic heterocycles. The van der Waals surface area contributed by atoms with Crippen LogP contribution >= 0.6 is 0 Å². The Morgan fingerprint density at radius 3 is 2.61 bits per heavy atom. The lowest BCUT2D eigenvalue weighted by atomic mass is 9.61. The van der Waals surface area contributed by atoms with Crippen molar-refractivity contribution in [1.29, 1.82) is 0 Å². The monoisotopic (exact) mass is 250 g/mol. The molecule has 1 aliphatic heterocycles. The van der Waals surface area contributed by atoms with Crippen molar-refractivity contribution in [3.05, 3.63) is 12.2 Å². The van der Waals surface area contributed by atoms with Gasteiger partial charge in [-0.15, -0.1) is 0 Å². The Morgan fingerprint density at radius 2 is 2.06 bits per heavy atom. The van der Waals surface area contributed by atoms with Gasteiger partial charge < -0.3 is 9.84 Å². The van der Waals surface area contributed by atoms with E-state index in [2.05, 4.69) is 27.4 Å². The van der Waals surface area contributed by atoms with Gasteiger partial charge in [0, 0.05) is 5.41 Å². The highest BCUT2D eigenvalue weighted by Gasteiger charge is 2.66. The third kappa shape index (κ3) is 1.26. The van der Waals surface area contributed by atoms with Gasteiger partial charge in [-0.2, -0.15) is 0 Å². The fourth-order valence-corrected chi connectivity index (χ4v) is 5.11. The summed E-state index contributed by atoms with van der Waals surface area (Å²) < 4.78 is 5.80. The highest BCUT2D eigenvalue weighted by Crippen LogP contribution is 2.65.